The van der Waals surface area contributed by atoms with E-state index in [0.717, 1.165) is 30.4 Å². The molecule has 4 heteroatoms. The molecule has 0 radical (unpaired) electrons. The molecule has 0 spiro atoms. The van der Waals surface area contributed by atoms with E-state index in [4.69, 9.17) is 4.74 Å². The number of carbonyl (C=O) groups is 2. The third kappa shape index (κ3) is 5.77. The van der Waals surface area contributed by atoms with Crippen molar-refractivity contribution in [2.75, 3.05) is 6.54 Å². The van der Waals surface area contributed by atoms with E-state index in [-0.39, 0.29) is 11.9 Å². The number of carbonyl (C=O) groups excluding carboxylic acids is 2. The summed E-state index contributed by atoms with van der Waals surface area (Å²) in [6.07, 6.45) is 1.69. The van der Waals surface area contributed by atoms with Gasteiger partial charge in [-0.3, -0.25) is 14.5 Å². The normalized spacial score (nSPS) is 12.4. The SMILES string of the molecule is CC(=O)Oc1ccc(C=O)cc1C(CCN(C(C)C)C(C)C)c1ccccc1. The molecule has 0 aliphatic rings. The van der Waals surface area contributed by atoms with Gasteiger partial charge in [-0.2, -0.15) is 0 Å². The number of benzene rings is 2. The van der Waals surface area contributed by atoms with Crippen LogP contribution in [0.4, 0.5) is 0 Å². The Bertz CT molecular complexity index is 776. The lowest BCUT2D eigenvalue weighted by atomic mass is 9.86. The van der Waals surface area contributed by atoms with Crippen LogP contribution in [0, 0.1) is 0 Å². The first kappa shape index (κ1) is 21.8. The minimum Gasteiger partial charge on any atom is -0.426 e. The van der Waals surface area contributed by atoms with E-state index in [0.29, 0.717) is 23.4 Å². The second kappa shape index (κ2) is 10.2. The zero-order valence-corrected chi connectivity index (χ0v) is 17.5. The van der Waals surface area contributed by atoms with Crippen LogP contribution in [0.3, 0.4) is 0 Å². The summed E-state index contributed by atoms with van der Waals surface area (Å²) in [5.74, 6) is 0.181. The molecule has 0 saturated carbocycles. The number of nitrogens with zero attached hydrogens (tertiary/aromatic N) is 1. The predicted octanol–water partition coefficient (Wildman–Crippen LogP) is 5.07. The lowest BCUT2D eigenvalue weighted by Gasteiger charge is -2.32. The van der Waals surface area contributed by atoms with Gasteiger partial charge in [-0.15, -0.1) is 0 Å². The molecule has 0 fully saturated rings. The molecule has 1 atom stereocenters. The van der Waals surface area contributed by atoms with Crippen molar-refractivity contribution in [3.05, 3.63) is 65.2 Å². The molecule has 2 rings (SSSR count). The van der Waals surface area contributed by atoms with Gasteiger partial charge in [0.15, 0.2) is 0 Å². The van der Waals surface area contributed by atoms with Gasteiger partial charge in [-0.05, 0) is 64.4 Å². The van der Waals surface area contributed by atoms with E-state index < -0.39 is 0 Å². The van der Waals surface area contributed by atoms with Crippen molar-refractivity contribution >= 4 is 12.3 Å². The third-order valence-electron chi connectivity index (χ3n) is 5.00. The van der Waals surface area contributed by atoms with Crippen LogP contribution in [-0.2, 0) is 4.79 Å². The number of hydrogen-bond donors (Lipinski definition) is 0. The maximum atomic E-state index is 11.6. The van der Waals surface area contributed by atoms with E-state index in [1.54, 1.807) is 12.1 Å². The quantitative estimate of drug-likeness (QED) is 0.346. The van der Waals surface area contributed by atoms with E-state index in [1.807, 2.05) is 24.3 Å². The molecular weight excluding hydrogens is 350 g/mol. The Kier molecular flexibility index (Phi) is 7.94. The average molecular weight is 382 g/mol. The fraction of sp³-hybridized carbons (Fsp3) is 0.417. The average Bonchev–Trinajstić information content (AvgIpc) is 2.65. The van der Waals surface area contributed by atoms with Crippen LogP contribution in [0.25, 0.3) is 0 Å². The van der Waals surface area contributed by atoms with E-state index in [9.17, 15) is 9.59 Å². The van der Waals surface area contributed by atoms with Crippen molar-refractivity contribution in [2.45, 2.75) is 59.0 Å². The van der Waals surface area contributed by atoms with Gasteiger partial charge in [0.2, 0.25) is 0 Å². The molecule has 0 bridgehead atoms. The Labute approximate surface area is 168 Å². The Balaban J connectivity index is 2.47. The van der Waals surface area contributed by atoms with Crippen LogP contribution >= 0.6 is 0 Å². The molecule has 1 unspecified atom stereocenters. The summed E-state index contributed by atoms with van der Waals surface area (Å²) >= 11 is 0. The standard InChI is InChI=1S/C24H31NO3/c1-17(2)25(18(3)4)14-13-22(21-9-7-6-8-10-21)23-15-20(16-26)11-12-24(23)28-19(5)27/h6-12,15-18,22H,13-14H2,1-5H3. The summed E-state index contributed by atoms with van der Waals surface area (Å²) in [5, 5.41) is 0. The van der Waals surface area contributed by atoms with Crippen molar-refractivity contribution in [1.29, 1.82) is 0 Å². The lowest BCUT2D eigenvalue weighted by molar-refractivity contribution is -0.131. The zero-order valence-electron chi connectivity index (χ0n) is 17.5. The molecule has 4 nitrogen and oxygen atoms in total. The van der Waals surface area contributed by atoms with Crippen molar-refractivity contribution in [1.82, 2.24) is 4.90 Å². The summed E-state index contributed by atoms with van der Waals surface area (Å²) in [7, 11) is 0. The first-order valence-corrected chi connectivity index (χ1v) is 9.91. The zero-order chi connectivity index (χ0) is 20.7. The predicted molar refractivity (Wildman–Crippen MR) is 113 cm³/mol. The maximum absolute atomic E-state index is 11.6. The van der Waals surface area contributed by atoms with Crippen LogP contribution in [-0.4, -0.2) is 35.8 Å². The molecule has 150 valence electrons. The number of aldehydes is 1. The van der Waals surface area contributed by atoms with Gasteiger partial charge in [0.1, 0.15) is 12.0 Å². The van der Waals surface area contributed by atoms with Crippen molar-refractivity contribution in [3.63, 3.8) is 0 Å². The Hall–Kier alpha value is -2.46. The maximum Gasteiger partial charge on any atom is 0.308 e. The van der Waals surface area contributed by atoms with Crippen LogP contribution in [0.1, 0.15) is 68.4 Å². The Morgan fingerprint density at radius 1 is 1.04 bits per heavy atom. The van der Waals surface area contributed by atoms with E-state index >= 15 is 0 Å². The summed E-state index contributed by atoms with van der Waals surface area (Å²) < 4.78 is 5.48. The molecule has 0 aromatic heterocycles. The van der Waals surface area contributed by atoms with Crippen LogP contribution < -0.4 is 4.74 Å². The second-order valence-corrected chi connectivity index (χ2v) is 7.69. The monoisotopic (exact) mass is 381 g/mol. The fourth-order valence-corrected chi connectivity index (χ4v) is 3.74. The third-order valence-corrected chi connectivity index (χ3v) is 5.00. The number of ether oxygens (including phenoxy) is 1. The van der Waals surface area contributed by atoms with Crippen LogP contribution in [0.2, 0.25) is 0 Å². The Morgan fingerprint density at radius 2 is 1.68 bits per heavy atom. The first-order chi connectivity index (χ1) is 13.3. The number of rotatable bonds is 9. The highest BCUT2D eigenvalue weighted by Crippen LogP contribution is 2.35. The van der Waals surface area contributed by atoms with Gasteiger partial charge in [0.05, 0.1) is 0 Å². The number of esters is 1. The lowest BCUT2D eigenvalue weighted by Crippen LogP contribution is -2.38. The second-order valence-electron chi connectivity index (χ2n) is 7.69. The molecule has 0 heterocycles. The van der Waals surface area contributed by atoms with Crippen LogP contribution in [0.5, 0.6) is 5.75 Å². The highest BCUT2D eigenvalue weighted by molar-refractivity contribution is 5.77. The summed E-state index contributed by atoms with van der Waals surface area (Å²) in [5.41, 5.74) is 2.60. The molecule has 0 N–H and O–H groups in total. The highest BCUT2D eigenvalue weighted by Gasteiger charge is 2.22. The highest BCUT2D eigenvalue weighted by atomic mass is 16.5. The summed E-state index contributed by atoms with van der Waals surface area (Å²) in [4.78, 5) is 25.5. The van der Waals surface area contributed by atoms with Crippen molar-refractivity contribution in [2.24, 2.45) is 0 Å². The molecule has 0 aliphatic heterocycles. The molecule has 28 heavy (non-hydrogen) atoms. The summed E-state index contributed by atoms with van der Waals surface area (Å²) in [6, 6.07) is 16.3. The van der Waals surface area contributed by atoms with E-state index in [2.05, 4.69) is 44.7 Å². The molecule has 0 saturated heterocycles. The molecule has 2 aromatic carbocycles. The first-order valence-electron chi connectivity index (χ1n) is 9.91. The summed E-state index contributed by atoms with van der Waals surface area (Å²) in [6.45, 7) is 11.1. The van der Waals surface area contributed by atoms with Gasteiger partial charge in [0.25, 0.3) is 0 Å². The van der Waals surface area contributed by atoms with Gasteiger partial charge < -0.3 is 4.74 Å². The smallest absolute Gasteiger partial charge is 0.308 e. The molecule has 0 amide bonds. The van der Waals surface area contributed by atoms with Crippen molar-refractivity contribution < 1.29 is 14.3 Å². The number of hydrogen-bond acceptors (Lipinski definition) is 4. The fourth-order valence-electron chi connectivity index (χ4n) is 3.74. The van der Waals surface area contributed by atoms with Crippen LogP contribution in [0.15, 0.2) is 48.5 Å². The van der Waals surface area contributed by atoms with Crippen molar-refractivity contribution in [3.8, 4) is 5.75 Å². The van der Waals surface area contributed by atoms with E-state index in [1.165, 1.54) is 6.92 Å². The Morgan fingerprint density at radius 3 is 2.21 bits per heavy atom. The van der Waals surface area contributed by atoms with Gasteiger partial charge in [-0.1, -0.05) is 30.3 Å². The minimum absolute atomic E-state index is 0.0236. The minimum atomic E-state index is -0.363. The topological polar surface area (TPSA) is 46.6 Å². The van der Waals surface area contributed by atoms with Gasteiger partial charge >= 0.3 is 5.97 Å². The largest absolute Gasteiger partial charge is 0.426 e. The molecule has 2 aromatic rings. The van der Waals surface area contributed by atoms with Gasteiger partial charge in [0, 0.05) is 36.1 Å². The van der Waals surface area contributed by atoms with Gasteiger partial charge in [-0.25, -0.2) is 0 Å². The molecule has 0 aliphatic carbocycles. The molecular formula is C24H31NO3.